The average Bonchev–Trinajstić information content (AvgIpc) is 2.77. The summed E-state index contributed by atoms with van der Waals surface area (Å²) in [5, 5.41) is 0. The Balaban J connectivity index is 1.43. The Morgan fingerprint density at radius 3 is 2.47 bits per heavy atom. The predicted molar refractivity (Wildman–Crippen MR) is 101 cm³/mol. The van der Waals surface area contributed by atoms with E-state index in [0.29, 0.717) is 68.0 Å². The van der Waals surface area contributed by atoms with Gasteiger partial charge in [0.2, 0.25) is 5.75 Å². The molecule has 0 atom stereocenters. The van der Waals surface area contributed by atoms with E-state index in [1.165, 1.54) is 13.2 Å². The zero-order valence-electron chi connectivity index (χ0n) is 16.2. The molecular formula is C20H20F3N3O4. The van der Waals surface area contributed by atoms with Crippen molar-refractivity contribution in [2.45, 2.75) is 6.18 Å². The second-order valence-electron chi connectivity index (χ2n) is 6.88. The Morgan fingerprint density at radius 1 is 1.10 bits per heavy atom. The summed E-state index contributed by atoms with van der Waals surface area (Å²) in [5.41, 5.74) is -0.357. The molecule has 2 aliphatic rings. The molecule has 0 aliphatic carbocycles. The first-order chi connectivity index (χ1) is 14.4. The number of halogens is 3. The molecule has 0 bridgehead atoms. The minimum absolute atomic E-state index is 0.176. The number of nitrogens with zero attached hydrogens (tertiary/aromatic N) is 3. The summed E-state index contributed by atoms with van der Waals surface area (Å²) < 4.78 is 54.6. The van der Waals surface area contributed by atoms with Gasteiger partial charge in [-0.1, -0.05) is 0 Å². The molecule has 1 aromatic heterocycles. The van der Waals surface area contributed by atoms with E-state index in [2.05, 4.69) is 4.98 Å². The summed E-state index contributed by atoms with van der Waals surface area (Å²) in [6, 6.07) is 5.64. The third-order valence-corrected chi connectivity index (χ3v) is 5.04. The highest BCUT2D eigenvalue weighted by Gasteiger charge is 2.31. The van der Waals surface area contributed by atoms with E-state index in [4.69, 9.17) is 14.2 Å². The molecule has 3 heterocycles. The Bertz CT molecular complexity index is 909. The first-order valence-corrected chi connectivity index (χ1v) is 9.42. The van der Waals surface area contributed by atoms with Crippen LogP contribution in [0.2, 0.25) is 0 Å². The zero-order chi connectivity index (χ0) is 21.3. The smallest absolute Gasteiger partial charge is 0.417 e. The van der Waals surface area contributed by atoms with Gasteiger partial charge in [0.05, 0.1) is 12.7 Å². The van der Waals surface area contributed by atoms with Crippen LogP contribution in [0.5, 0.6) is 17.2 Å². The number of anilines is 1. The second kappa shape index (κ2) is 7.92. The molecule has 0 spiro atoms. The normalized spacial score (nSPS) is 16.4. The van der Waals surface area contributed by atoms with Gasteiger partial charge in [-0.3, -0.25) is 4.79 Å². The number of carbonyl (C=O) groups excluding carboxylic acids is 1. The molecule has 1 saturated heterocycles. The summed E-state index contributed by atoms with van der Waals surface area (Å²) >= 11 is 0. The number of piperazine rings is 1. The lowest BCUT2D eigenvalue weighted by Crippen LogP contribution is -2.49. The van der Waals surface area contributed by atoms with Crippen LogP contribution in [-0.2, 0) is 6.18 Å². The first kappa shape index (κ1) is 20.1. The Kier molecular flexibility index (Phi) is 5.31. The lowest BCUT2D eigenvalue weighted by molar-refractivity contribution is -0.137. The number of methoxy groups -OCH3 is 1. The minimum atomic E-state index is -4.42. The number of ether oxygens (including phenoxy) is 3. The van der Waals surface area contributed by atoms with Gasteiger partial charge in [0.25, 0.3) is 5.91 Å². The fourth-order valence-corrected chi connectivity index (χ4v) is 3.46. The molecule has 0 N–H and O–H groups in total. The largest absolute Gasteiger partial charge is 0.493 e. The van der Waals surface area contributed by atoms with Gasteiger partial charge in [-0.2, -0.15) is 13.2 Å². The van der Waals surface area contributed by atoms with Crippen LogP contribution < -0.4 is 19.1 Å². The van der Waals surface area contributed by atoms with E-state index in [9.17, 15) is 18.0 Å². The maximum absolute atomic E-state index is 13.0. The highest BCUT2D eigenvalue weighted by atomic mass is 19.4. The van der Waals surface area contributed by atoms with Gasteiger partial charge < -0.3 is 24.0 Å². The molecule has 10 heteroatoms. The van der Waals surface area contributed by atoms with E-state index in [1.807, 2.05) is 4.90 Å². The number of carbonyl (C=O) groups is 1. The third-order valence-electron chi connectivity index (χ3n) is 5.04. The number of rotatable bonds is 3. The molecule has 2 aromatic rings. The van der Waals surface area contributed by atoms with E-state index < -0.39 is 11.7 Å². The fraction of sp³-hybridized carbons (Fsp3) is 0.400. The Morgan fingerprint density at radius 2 is 1.83 bits per heavy atom. The van der Waals surface area contributed by atoms with Gasteiger partial charge in [-0.15, -0.1) is 0 Å². The van der Waals surface area contributed by atoms with E-state index in [-0.39, 0.29) is 5.91 Å². The van der Waals surface area contributed by atoms with Gasteiger partial charge in [-0.05, 0) is 24.3 Å². The lowest BCUT2D eigenvalue weighted by Gasteiger charge is -2.35. The predicted octanol–water partition coefficient (Wildman–Crippen LogP) is 2.84. The number of hydrogen-bond acceptors (Lipinski definition) is 6. The molecule has 7 nitrogen and oxygen atoms in total. The summed E-state index contributed by atoms with van der Waals surface area (Å²) in [4.78, 5) is 20.4. The molecule has 0 unspecified atom stereocenters. The summed E-state index contributed by atoms with van der Waals surface area (Å²) in [7, 11) is 1.50. The van der Waals surface area contributed by atoms with Crippen LogP contribution in [0.15, 0.2) is 30.5 Å². The molecule has 0 saturated carbocycles. The number of aromatic nitrogens is 1. The van der Waals surface area contributed by atoms with E-state index >= 15 is 0 Å². The highest BCUT2D eigenvalue weighted by Crippen LogP contribution is 2.40. The van der Waals surface area contributed by atoms with Crippen molar-refractivity contribution in [3.05, 3.63) is 41.6 Å². The molecule has 1 aromatic carbocycles. The number of hydrogen-bond donors (Lipinski definition) is 0. The van der Waals surface area contributed by atoms with Crippen LogP contribution in [0.4, 0.5) is 19.0 Å². The van der Waals surface area contributed by atoms with Gasteiger partial charge >= 0.3 is 6.18 Å². The number of benzene rings is 1. The molecule has 160 valence electrons. The molecule has 4 rings (SSSR count). The van der Waals surface area contributed by atoms with Crippen molar-refractivity contribution in [3.63, 3.8) is 0 Å². The van der Waals surface area contributed by atoms with Gasteiger partial charge in [0.1, 0.15) is 19.0 Å². The fourth-order valence-electron chi connectivity index (χ4n) is 3.46. The van der Waals surface area contributed by atoms with Crippen LogP contribution in [0.3, 0.4) is 0 Å². The molecular weight excluding hydrogens is 403 g/mol. The van der Waals surface area contributed by atoms with Crippen molar-refractivity contribution in [2.75, 3.05) is 51.4 Å². The van der Waals surface area contributed by atoms with Crippen molar-refractivity contribution in [1.82, 2.24) is 9.88 Å². The second-order valence-corrected chi connectivity index (χ2v) is 6.88. The van der Waals surface area contributed by atoms with Crippen LogP contribution in [-0.4, -0.2) is 62.3 Å². The maximum atomic E-state index is 13.0. The summed E-state index contributed by atoms with van der Waals surface area (Å²) in [6.07, 6.45) is -3.59. The van der Waals surface area contributed by atoms with Crippen LogP contribution >= 0.6 is 0 Å². The van der Waals surface area contributed by atoms with Crippen LogP contribution in [0.1, 0.15) is 15.9 Å². The number of pyridine rings is 1. The standard InChI is InChI=1S/C20H20F3N3O4/c1-28-15-10-13(11-16-18(15)30-9-8-29-16)19(27)26-6-4-25(5-7-26)17-3-2-14(12-24-17)20(21,22)23/h2-3,10-12H,4-9H2,1H3. The van der Waals surface area contributed by atoms with Gasteiger partial charge in [-0.25, -0.2) is 4.98 Å². The van der Waals surface area contributed by atoms with Crippen molar-refractivity contribution in [1.29, 1.82) is 0 Å². The van der Waals surface area contributed by atoms with E-state index in [1.54, 1.807) is 17.0 Å². The van der Waals surface area contributed by atoms with E-state index in [0.717, 1.165) is 12.3 Å². The number of fused-ring (bicyclic) bond motifs is 1. The van der Waals surface area contributed by atoms with Gasteiger partial charge in [0.15, 0.2) is 11.5 Å². The van der Waals surface area contributed by atoms with Gasteiger partial charge in [0, 0.05) is 37.9 Å². The van der Waals surface area contributed by atoms with Crippen molar-refractivity contribution >= 4 is 11.7 Å². The number of amides is 1. The monoisotopic (exact) mass is 423 g/mol. The summed E-state index contributed by atoms with van der Waals surface area (Å²) in [5.74, 6) is 1.67. The first-order valence-electron chi connectivity index (χ1n) is 9.42. The Hall–Kier alpha value is -3.17. The van der Waals surface area contributed by atoms with Crippen LogP contribution in [0.25, 0.3) is 0 Å². The van der Waals surface area contributed by atoms with Crippen molar-refractivity contribution in [3.8, 4) is 17.2 Å². The third kappa shape index (κ3) is 3.94. The van der Waals surface area contributed by atoms with Crippen LogP contribution in [0, 0.1) is 0 Å². The highest BCUT2D eigenvalue weighted by molar-refractivity contribution is 5.95. The SMILES string of the molecule is COc1cc(C(=O)N2CCN(c3ccc(C(F)(F)F)cn3)CC2)cc2c1OCCO2. The molecule has 2 aliphatic heterocycles. The minimum Gasteiger partial charge on any atom is -0.493 e. The molecule has 1 fully saturated rings. The average molecular weight is 423 g/mol. The van der Waals surface area contributed by atoms with Crippen molar-refractivity contribution < 1.29 is 32.2 Å². The zero-order valence-corrected chi connectivity index (χ0v) is 16.2. The molecule has 0 radical (unpaired) electrons. The quantitative estimate of drug-likeness (QED) is 0.757. The number of alkyl halides is 3. The summed E-state index contributed by atoms with van der Waals surface area (Å²) in [6.45, 7) is 2.57. The maximum Gasteiger partial charge on any atom is 0.417 e. The molecule has 1 amide bonds. The topological polar surface area (TPSA) is 64.1 Å². The molecule has 30 heavy (non-hydrogen) atoms. The lowest BCUT2D eigenvalue weighted by atomic mass is 10.1. The Labute approximate surface area is 170 Å². The van der Waals surface area contributed by atoms with Crippen molar-refractivity contribution in [2.24, 2.45) is 0 Å².